The first-order chi connectivity index (χ1) is 9.78. The van der Waals surface area contributed by atoms with E-state index < -0.39 is 11.0 Å². The minimum atomic E-state index is -0.927. The van der Waals surface area contributed by atoms with Crippen molar-refractivity contribution in [1.29, 1.82) is 0 Å². The Kier molecular flexibility index (Phi) is 4.38. The molecule has 1 fully saturated rings. The smallest absolute Gasteiger partial charge is 0.230 e. The molecular formula is C17H24FNO2. The van der Waals surface area contributed by atoms with Crippen LogP contribution in [0, 0.1) is 11.7 Å². The van der Waals surface area contributed by atoms with Crippen LogP contribution in [0.2, 0.25) is 0 Å². The largest absolute Gasteiger partial charge is 0.388 e. The molecule has 3 nitrogen and oxygen atoms in total. The minimum Gasteiger partial charge on any atom is -0.388 e. The number of rotatable bonds is 5. The van der Waals surface area contributed by atoms with Gasteiger partial charge in [0, 0.05) is 6.54 Å². The van der Waals surface area contributed by atoms with Crippen molar-refractivity contribution in [3.8, 4) is 0 Å². The Hall–Kier alpha value is -1.42. The second-order valence-electron chi connectivity index (χ2n) is 6.64. The molecule has 0 heterocycles. The van der Waals surface area contributed by atoms with Crippen molar-refractivity contribution in [2.24, 2.45) is 5.92 Å². The van der Waals surface area contributed by atoms with Gasteiger partial charge in [-0.15, -0.1) is 0 Å². The van der Waals surface area contributed by atoms with Crippen molar-refractivity contribution in [2.45, 2.75) is 51.0 Å². The topological polar surface area (TPSA) is 49.3 Å². The molecular weight excluding hydrogens is 269 g/mol. The third-order valence-electron chi connectivity index (χ3n) is 4.89. The van der Waals surface area contributed by atoms with E-state index in [2.05, 4.69) is 5.32 Å². The fraction of sp³-hybridized carbons (Fsp3) is 0.588. The Morgan fingerprint density at radius 3 is 2.38 bits per heavy atom. The quantitative estimate of drug-likeness (QED) is 0.877. The molecule has 1 aromatic carbocycles. The van der Waals surface area contributed by atoms with E-state index in [1.165, 1.54) is 12.1 Å². The highest BCUT2D eigenvalue weighted by Gasteiger charge is 2.46. The van der Waals surface area contributed by atoms with Crippen LogP contribution in [0.15, 0.2) is 24.3 Å². The van der Waals surface area contributed by atoms with E-state index in [0.29, 0.717) is 0 Å². The van der Waals surface area contributed by atoms with E-state index in [4.69, 9.17) is 0 Å². The first-order valence-corrected chi connectivity index (χ1v) is 7.55. The van der Waals surface area contributed by atoms with E-state index in [-0.39, 0.29) is 24.2 Å². The molecule has 0 aromatic heterocycles. The summed E-state index contributed by atoms with van der Waals surface area (Å²) < 4.78 is 13.1. The molecule has 1 atom stereocenters. The van der Waals surface area contributed by atoms with Gasteiger partial charge < -0.3 is 10.4 Å². The zero-order chi connectivity index (χ0) is 15.7. The van der Waals surface area contributed by atoms with Gasteiger partial charge in [-0.25, -0.2) is 4.39 Å². The van der Waals surface area contributed by atoms with Crippen molar-refractivity contribution in [1.82, 2.24) is 5.32 Å². The highest BCUT2D eigenvalue weighted by Crippen LogP contribution is 2.44. The van der Waals surface area contributed by atoms with Crippen LogP contribution in [-0.2, 0) is 10.2 Å². The molecule has 1 saturated carbocycles. The van der Waals surface area contributed by atoms with Crippen LogP contribution in [-0.4, -0.2) is 23.2 Å². The Labute approximate surface area is 125 Å². The number of carbonyl (C=O) groups is 1. The molecule has 1 unspecified atom stereocenters. The normalized spacial score (nSPS) is 19.7. The van der Waals surface area contributed by atoms with Crippen molar-refractivity contribution in [3.05, 3.63) is 35.6 Å². The van der Waals surface area contributed by atoms with Crippen LogP contribution in [0.1, 0.15) is 45.6 Å². The summed E-state index contributed by atoms with van der Waals surface area (Å²) in [6, 6.07) is 6.17. The number of halogens is 1. The SMILES string of the molecule is CC(C)C(C)(O)CNC(=O)C1(c2ccc(F)cc2)CCC1. The van der Waals surface area contributed by atoms with Gasteiger partial charge in [0.1, 0.15) is 5.82 Å². The zero-order valence-electron chi connectivity index (χ0n) is 12.9. The van der Waals surface area contributed by atoms with Crippen LogP contribution in [0.3, 0.4) is 0 Å². The fourth-order valence-corrected chi connectivity index (χ4v) is 2.58. The molecule has 116 valence electrons. The average molecular weight is 293 g/mol. The van der Waals surface area contributed by atoms with Gasteiger partial charge in [-0.3, -0.25) is 4.79 Å². The Morgan fingerprint density at radius 1 is 1.38 bits per heavy atom. The number of nitrogens with one attached hydrogen (secondary N) is 1. The predicted molar refractivity (Wildman–Crippen MR) is 80.4 cm³/mol. The maximum absolute atomic E-state index is 13.1. The number of aliphatic hydroxyl groups is 1. The summed E-state index contributed by atoms with van der Waals surface area (Å²) in [6.07, 6.45) is 2.54. The highest BCUT2D eigenvalue weighted by molar-refractivity contribution is 5.89. The fourth-order valence-electron chi connectivity index (χ4n) is 2.58. The van der Waals surface area contributed by atoms with Gasteiger partial charge in [0.2, 0.25) is 5.91 Å². The molecule has 2 N–H and O–H groups in total. The second-order valence-corrected chi connectivity index (χ2v) is 6.64. The first-order valence-electron chi connectivity index (χ1n) is 7.55. The van der Waals surface area contributed by atoms with Gasteiger partial charge in [-0.1, -0.05) is 32.4 Å². The van der Waals surface area contributed by atoms with Crippen LogP contribution in [0.4, 0.5) is 4.39 Å². The van der Waals surface area contributed by atoms with Crippen LogP contribution < -0.4 is 5.32 Å². The number of benzene rings is 1. The number of amides is 1. The molecule has 2 rings (SSSR count). The molecule has 0 bridgehead atoms. The van der Waals surface area contributed by atoms with Crippen molar-refractivity contribution in [2.75, 3.05) is 6.54 Å². The molecule has 1 aliphatic rings. The molecule has 1 amide bonds. The lowest BCUT2D eigenvalue weighted by atomic mass is 9.63. The van der Waals surface area contributed by atoms with E-state index in [9.17, 15) is 14.3 Å². The van der Waals surface area contributed by atoms with Crippen LogP contribution in [0.5, 0.6) is 0 Å². The van der Waals surface area contributed by atoms with Gasteiger partial charge in [0.25, 0.3) is 0 Å². The Bertz CT molecular complexity index is 504. The predicted octanol–water partition coefficient (Wildman–Crippen LogP) is 2.77. The van der Waals surface area contributed by atoms with E-state index in [1.54, 1.807) is 19.1 Å². The van der Waals surface area contributed by atoms with E-state index >= 15 is 0 Å². The standard InChI is InChI=1S/C17H24FNO2/c1-12(2)16(3,21)11-19-15(20)17(9-4-10-17)13-5-7-14(18)8-6-13/h5-8,12,21H,4,9-11H2,1-3H3,(H,19,20). The lowest BCUT2D eigenvalue weighted by molar-refractivity contribution is -0.131. The maximum Gasteiger partial charge on any atom is 0.230 e. The summed E-state index contributed by atoms with van der Waals surface area (Å²) in [5, 5.41) is 13.1. The Balaban J connectivity index is 2.10. The summed E-state index contributed by atoms with van der Waals surface area (Å²) in [6.45, 7) is 5.80. The van der Waals surface area contributed by atoms with Crippen molar-refractivity contribution in [3.63, 3.8) is 0 Å². The molecule has 21 heavy (non-hydrogen) atoms. The third kappa shape index (κ3) is 3.10. The molecule has 0 saturated heterocycles. The monoisotopic (exact) mass is 293 g/mol. The maximum atomic E-state index is 13.1. The first kappa shape index (κ1) is 16.0. The number of hydrogen-bond donors (Lipinski definition) is 2. The molecule has 1 aromatic rings. The van der Waals surface area contributed by atoms with Crippen molar-refractivity contribution < 1.29 is 14.3 Å². The zero-order valence-corrected chi connectivity index (χ0v) is 12.9. The second kappa shape index (κ2) is 5.76. The van der Waals surface area contributed by atoms with Crippen molar-refractivity contribution >= 4 is 5.91 Å². The molecule has 0 aliphatic heterocycles. The lowest BCUT2D eigenvalue weighted by Gasteiger charge is -2.41. The number of hydrogen-bond acceptors (Lipinski definition) is 2. The molecule has 4 heteroatoms. The summed E-state index contributed by atoms with van der Waals surface area (Å²) >= 11 is 0. The third-order valence-corrected chi connectivity index (χ3v) is 4.89. The minimum absolute atomic E-state index is 0.0564. The van der Waals surface area contributed by atoms with Crippen LogP contribution in [0.25, 0.3) is 0 Å². The molecule has 0 spiro atoms. The van der Waals surface area contributed by atoms with E-state index in [0.717, 1.165) is 24.8 Å². The van der Waals surface area contributed by atoms with Gasteiger partial charge in [-0.05, 0) is 43.4 Å². The van der Waals surface area contributed by atoms with Crippen LogP contribution >= 0.6 is 0 Å². The summed E-state index contributed by atoms with van der Waals surface area (Å²) in [7, 11) is 0. The van der Waals surface area contributed by atoms with E-state index in [1.807, 2.05) is 13.8 Å². The molecule has 1 aliphatic carbocycles. The van der Waals surface area contributed by atoms with Gasteiger partial charge in [0.05, 0.1) is 11.0 Å². The summed E-state index contributed by atoms with van der Waals surface area (Å²) in [4.78, 5) is 12.6. The average Bonchev–Trinajstić information content (AvgIpc) is 2.37. The Morgan fingerprint density at radius 2 is 1.95 bits per heavy atom. The van der Waals surface area contributed by atoms with Gasteiger partial charge >= 0.3 is 0 Å². The summed E-state index contributed by atoms with van der Waals surface area (Å²) in [5.41, 5.74) is -0.624. The van der Waals surface area contributed by atoms with Gasteiger partial charge in [0.15, 0.2) is 0 Å². The molecule has 0 radical (unpaired) electrons. The number of carbonyl (C=O) groups excluding carboxylic acids is 1. The lowest BCUT2D eigenvalue weighted by Crippen LogP contribution is -2.53. The van der Waals surface area contributed by atoms with Gasteiger partial charge in [-0.2, -0.15) is 0 Å². The summed E-state index contributed by atoms with van der Waals surface area (Å²) in [5.74, 6) is -0.307. The highest BCUT2D eigenvalue weighted by atomic mass is 19.1.